The van der Waals surface area contributed by atoms with Crippen molar-refractivity contribution in [2.45, 2.75) is 19.8 Å². The summed E-state index contributed by atoms with van der Waals surface area (Å²) in [5, 5.41) is 8.94. The second kappa shape index (κ2) is 5.45. The number of nitriles is 1. The summed E-state index contributed by atoms with van der Waals surface area (Å²) in [6, 6.07) is 15.1. The van der Waals surface area contributed by atoms with E-state index in [1.807, 2.05) is 24.3 Å². The van der Waals surface area contributed by atoms with Crippen LogP contribution in [0.1, 0.15) is 30.9 Å². The van der Waals surface area contributed by atoms with Crippen molar-refractivity contribution in [1.29, 1.82) is 5.26 Å². The Morgan fingerprint density at radius 2 is 1.89 bits per heavy atom. The van der Waals surface area contributed by atoms with E-state index in [0.29, 0.717) is 22.9 Å². The number of hydrogen-bond donors (Lipinski definition) is 1. The molecule has 0 heterocycles. The number of anilines is 1. The summed E-state index contributed by atoms with van der Waals surface area (Å²) in [5.41, 5.74) is 7.90. The van der Waals surface area contributed by atoms with Crippen molar-refractivity contribution < 1.29 is 4.74 Å². The number of hydrogen-bond acceptors (Lipinski definition) is 3. The first kappa shape index (κ1) is 13.0. The van der Waals surface area contributed by atoms with Gasteiger partial charge in [-0.05, 0) is 35.7 Å². The van der Waals surface area contributed by atoms with Gasteiger partial charge in [-0.3, -0.25) is 0 Å². The molecule has 0 atom stereocenters. The standard InChI is InChI=1S/C16H16N2O/c1-11(2)12-5-3-7-14(9-12)19-15-8-4-6-13(10-17)16(15)18/h3-9,11H,18H2,1-2H3. The van der Waals surface area contributed by atoms with Crippen LogP contribution in [0.15, 0.2) is 42.5 Å². The molecule has 96 valence electrons. The molecular formula is C16H16N2O. The van der Waals surface area contributed by atoms with Crippen molar-refractivity contribution >= 4 is 5.69 Å². The number of para-hydroxylation sites is 1. The maximum Gasteiger partial charge on any atom is 0.151 e. The van der Waals surface area contributed by atoms with Crippen LogP contribution in [0.4, 0.5) is 5.69 Å². The summed E-state index contributed by atoms with van der Waals surface area (Å²) >= 11 is 0. The van der Waals surface area contributed by atoms with Crippen LogP contribution in [0.25, 0.3) is 0 Å². The monoisotopic (exact) mass is 252 g/mol. The molecule has 0 unspecified atom stereocenters. The predicted molar refractivity (Wildman–Crippen MR) is 76.2 cm³/mol. The lowest BCUT2D eigenvalue weighted by Crippen LogP contribution is -1.96. The third-order valence-electron chi connectivity index (χ3n) is 2.94. The Labute approximate surface area is 113 Å². The predicted octanol–water partition coefficient (Wildman–Crippen LogP) is 4.06. The van der Waals surface area contributed by atoms with Crippen LogP contribution in [0.3, 0.4) is 0 Å². The van der Waals surface area contributed by atoms with Gasteiger partial charge in [-0.2, -0.15) is 5.26 Å². The summed E-state index contributed by atoms with van der Waals surface area (Å²) < 4.78 is 5.77. The first-order valence-corrected chi connectivity index (χ1v) is 6.18. The lowest BCUT2D eigenvalue weighted by atomic mass is 10.0. The van der Waals surface area contributed by atoms with Crippen molar-refractivity contribution in [3.05, 3.63) is 53.6 Å². The quantitative estimate of drug-likeness (QED) is 0.838. The Morgan fingerprint density at radius 1 is 1.16 bits per heavy atom. The minimum absolute atomic E-state index is 0.375. The summed E-state index contributed by atoms with van der Waals surface area (Å²) in [6.45, 7) is 4.26. The van der Waals surface area contributed by atoms with Crippen molar-refractivity contribution in [2.24, 2.45) is 0 Å². The van der Waals surface area contributed by atoms with Gasteiger partial charge in [-0.25, -0.2) is 0 Å². The first-order valence-electron chi connectivity index (χ1n) is 6.18. The fourth-order valence-electron chi connectivity index (χ4n) is 1.79. The van der Waals surface area contributed by atoms with E-state index in [2.05, 4.69) is 19.9 Å². The van der Waals surface area contributed by atoms with Crippen LogP contribution >= 0.6 is 0 Å². The molecule has 19 heavy (non-hydrogen) atoms. The molecule has 3 heteroatoms. The molecule has 0 spiro atoms. The average molecular weight is 252 g/mol. The van der Waals surface area contributed by atoms with Gasteiger partial charge in [0.25, 0.3) is 0 Å². The van der Waals surface area contributed by atoms with Crippen molar-refractivity contribution in [3.8, 4) is 17.6 Å². The number of benzene rings is 2. The van der Waals surface area contributed by atoms with E-state index in [-0.39, 0.29) is 0 Å². The van der Waals surface area contributed by atoms with Crippen LogP contribution in [-0.2, 0) is 0 Å². The Kier molecular flexibility index (Phi) is 3.72. The lowest BCUT2D eigenvalue weighted by Gasteiger charge is -2.11. The van der Waals surface area contributed by atoms with Crippen LogP contribution in [-0.4, -0.2) is 0 Å². The number of rotatable bonds is 3. The van der Waals surface area contributed by atoms with Gasteiger partial charge in [-0.15, -0.1) is 0 Å². The molecule has 3 nitrogen and oxygen atoms in total. The minimum atomic E-state index is 0.375. The lowest BCUT2D eigenvalue weighted by molar-refractivity contribution is 0.484. The Morgan fingerprint density at radius 3 is 2.58 bits per heavy atom. The van der Waals surface area contributed by atoms with Gasteiger partial charge in [0.1, 0.15) is 11.8 Å². The molecule has 0 radical (unpaired) electrons. The van der Waals surface area contributed by atoms with Crippen LogP contribution in [0.5, 0.6) is 11.5 Å². The fourth-order valence-corrected chi connectivity index (χ4v) is 1.79. The highest BCUT2D eigenvalue weighted by Crippen LogP contribution is 2.30. The molecule has 0 saturated heterocycles. The molecule has 0 aliphatic rings. The first-order chi connectivity index (χ1) is 9.11. The van der Waals surface area contributed by atoms with Gasteiger partial charge in [0, 0.05) is 0 Å². The van der Waals surface area contributed by atoms with Gasteiger partial charge < -0.3 is 10.5 Å². The van der Waals surface area contributed by atoms with Crippen molar-refractivity contribution in [3.63, 3.8) is 0 Å². The molecule has 0 aromatic heterocycles. The van der Waals surface area contributed by atoms with E-state index < -0.39 is 0 Å². The van der Waals surface area contributed by atoms with E-state index in [0.717, 1.165) is 5.75 Å². The second-order valence-corrected chi connectivity index (χ2v) is 4.66. The molecule has 0 aliphatic carbocycles. The van der Waals surface area contributed by atoms with E-state index in [9.17, 15) is 0 Å². The van der Waals surface area contributed by atoms with E-state index >= 15 is 0 Å². The Hall–Kier alpha value is -2.47. The highest BCUT2D eigenvalue weighted by molar-refractivity contribution is 5.63. The fraction of sp³-hybridized carbons (Fsp3) is 0.188. The van der Waals surface area contributed by atoms with E-state index in [4.69, 9.17) is 15.7 Å². The largest absolute Gasteiger partial charge is 0.455 e. The molecule has 0 fully saturated rings. The molecule has 0 saturated carbocycles. The van der Waals surface area contributed by atoms with E-state index in [1.54, 1.807) is 18.2 Å². The zero-order chi connectivity index (χ0) is 13.8. The number of nitrogen functional groups attached to an aromatic ring is 1. The second-order valence-electron chi connectivity index (χ2n) is 4.66. The molecule has 2 rings (SSSR count). The molecule has 2 N–H and O–H groups in total. The molecule has 0 amide bonds. The molecule has 0 aliphatic heterocycles. The van der Waals surface area contributed by atoms with Crippen LogP contribution in [0.2, 0.25) is 0 Å². The summed E-state index contributed by atoms with van der Waals surface area (Å²) in [4.78, 5) is 0. The smallest absolute Gasteiger partial charge is 0.151 e. The summed E-state index contributed by atoms with van der Waals surface area (Å²) in [7, 11) is 0. The maximum absolute atomic E-state index is 8.94. The SMILES string of the molecule is CC(C)c1cccc(Oc2cccc(C#N)c2N)c1. The van der Waals surface area contributed by atoms with E-state index in [1.165, 1.54) is 5.56 Å². The highest BCUT2D eigenvalue weighted by atomic mass is 16.5. The average Bonchev–Trinajstić information content (AvgIpc) is 2.41. The Balaban J connectivity index is 2.32. The topological polar surface area (TPSA) is 59.0 Å². The van der Waals surface area contributed by atoms with Crippen molar-refractivity contribution in [2.75, 3.05) is 5.73 Å². The molecule has 2 aromatic carbocycles. The van der Waals surface area contributed by atoms with Gasteiger partial charge in [-0.1, -0.05) is 32.0 Å². The maximum atomic E-state index is 8.94. The number of nitrogens with zero attached hydrogens (tertiary/aromatic N) is 1. The highest BCUT2D eigenvalue weighted by Gasteiger charge is 2.07. The summed E-state index contributed by atoms with van der Waals surface area (Å²) in [6.07, 6.45) is 0. The normalized spacial score (nSPS) is 10.2. The van der Waals surface area contributed by atoms with Gasteiger partial charge >= 0.3 is 0 Å². The molecule has 0 bridgehead atoms. The number of ether oxygens (including phenoxy) is 1. The van der Waals surface area contributed by atoms with Crippen LogP contribution < -0.4 is 10.5 Å². The summed E-state index contributed by atoms with van der Waals surface area (Å²) in [5.74, 6) is 1.68. The van der Waals surface area contributed by atoms with Gasteiger partial charge in [0.05, 0.1) is 11.3 Å². The van der Waals surface area contributed by atoms with Crippen molar-refractivity contribution in [1.82, 2.24) is 0 Å². The number of nitrogens with two attached hydrogens (primary N) is 1. The Bertz CT molecular complexity index is 627. The molecule has 2 aromatic rings. The third kappa shape index (κ3) is 2.86. The zero-order valence-electron chi connectivity index (χ0n) is 11.1. The zero-order valence-corrected chi connectivity index (χ0v) is 11.1. The minimum Gasteiger partial charge on any atom is -0.455 e. The third-order valence-corrected chi connectivity index (χ3v) is 2.94. The van der Waals surface area contributed by atoms with Crippen LogP contribution in [0, 0.1) is 11.3 Å². The van der Waals surface area contributed by atoms with Gasteiger partial charge in [0.2, 0.25) is 0 Å². The van der Waals surface area contributed by atoms with Gasteiger partial charge in [0.15, 0.2) is 5.75 Å². The molecular weight excluding hydrogens is 236 g/mol.